The summed E-state index contributed by atoms with van der Waals surface area (Å²) in [6.07, 6.45) is 1.86. The van der Waals surface area contributed by atoms with Crippen LogP contribution in [0, 0.1) is 0 Å². The minimum Gasteiger partial charge on any atom is -0.295 e. The average molecular weight is 384 g/mol. The second-order valence-corrected chi connectivity index (χ2v) is 8.12. The van der Waals surface area contributed by atoms with Crippen LogP contribution in [0.2, 0.25) is 0 Å². The number of benzene rings is 1. The van der Waals surface area contributed by atoms with Crippen molar-refractivity contribution in [3.63, 3.8) is 0 Å². The van der Waals surface area contributed by atoms with Gasteiger partial charge in [0.05, 0.1) is 6.20 Å². The van der Waals surface area contributed by atoms with Crippen molar-refractivity contribution in [2.24, 2.45) is 0 Å². The van der Waals surface area contributed by atoms with Gasteiger partial charge in [-0.2, -0.15) is 5.10 Å². The number of alkyl halides is 2. The zero-order valence-corrected chi connectivity index (χ0v) is 15.3. The van der Waals surface area contributed by atoms with E-state index >= 15 is 0 Å². The summed E-state index contributed by atoms with van der Waals surface area (Å²) in [5, 5.41) is 3.67. The number of unbranched alkanes of at least 4 members (excludes halogenated alkanes) is 1. The summed E-state index contributed by atoms with van der Waals surface area (Å²) in [6.45, 7) is 4.22. The highest BCUT2D eigenvalue weighted by atomic mass is 32.2. The SMILES string of the molecule is CCCCN1Cc2ccc(NS(=O)(=O)c3cnn(CC(F)F)c3)cc2C1. The van der Waals surface area contributed by atoms with Crippen LogP contribution in [-0.2, 0) is 29.7 Å². The van der Waals surface area contributed by atoms with Gasteiger partial charge in [-0.05, 0) is 36.2 Å². The lowest BCUT2D eigenvalue weighted by Crippen LogP contribution is -2.17. The Hall–Kier alpha value is -2.00. The molecule has 2 aromatic rings. The van der Waals surface area contributed by atoms with Crippen molar-refractivity contribution in [2.75, 3.05) is 11.3 Å². The van der Waals surface area contributed by atoms with Crippen LogP contribution < -0.4 is 4.72 Å². The molecule has 0 unspecified atom stereocenters. The molecule has 0 spiro atoms. The van der Waals surface area contributed by atoms with E-state index in [1.807, 2.05) is 12.1 Å². The van der Waals surface area contributed by atoms with Crippen molar-refractivity contribution in [1.82, 2.24) is 14.7 Å². The van der Waals surface area contributed by atoms with E-state index in [9.17, 15) is 17.2 Å². The molecule has 0 saturated carbocycles. The van der Waals surface area contributed by atoms with Gasteiger partial charge in [-0.15, -0.1) is 0 Å². The maximum atomic E-state index is 12.4. The van der Waals surface area contributed by atoms with Gasteiger partial charge in [0.1, 0.15) is 11.4 Å². The molecule has 1 aromatic carbocycles. The lowest BCUT2D eigenvalue weighted by molar-refractivity contribution is 0.121. The average Bonchev–Trinajstić information content (AvgIpc) is 3.18. The van der Waals surface area contributed by atoms with Gasteiger partial charge >= 0.3 is 0 Å². The molecule has 0 fully saturated rings. The number of anilines is 1. The number of halogens is 2. The van der Waals surface area contributed by atoms with Gasteiger partial charge in [-0.25, -0.2) is 17.2 Å². The second-order valence-electron chi connectivity index (χ2n) is 6.44. The third-order valence-corrected chi connectivity index (χ3v) is 5.66. The fraction of sp³-hybridized carbons (Fsp3) is 0.471. The molecule has 1 aliphatic heterocycles. The van der Waals surface area contributed by atoms with Crippen LogP contribution in [0.25, 0.3) is 0 Å². The first kappa shape index (κ1) is 18.8. The molecule has 142 valence electrons. The van der Waals surface area contributed by atoms with Crippen molar-refractivity contribution in [1.29, 1.82) is 0 Å². The number of nitrogens with zero attached hydrogens (tertiary/aromatic N) is 3. The Labute approximate surface area is 151 Å². The van der Waals surface area contributed by atoms with E-state index in [1.165, 1.54) is 5.56 Å². The van der Waals surface area contributed by atoms with Gasteiger partial charge in [0, 0.05) is 25.0 Å². The first-order valence-corrected chi connectivity index (χ1v) is 10.0. The van der Waals surface area contributed by atoms with Gasteiger partial charge in [-0.1, -0.05) is 19.4 Å². The van der Waals surface area contributed by atoms with Crippen molar-refractivity contribution >= 4 is 15.7 Å². The normalized spacial score (nSPS) is 14.8. The van der Waals surface area contributed by atoms with Crippen LogP contribution in [-0.4, -0.2) is 36.1 Å². The third-order valence-electron chi connectivity index (χ3n) is 4.32. The second kappa shape index (κ2) is 7.71. The molecule has 1 aliphatic rings. The van der Waals surface area contributed by atoms with Gasteiger partial charge in [0.2, 0.25) is 0 Å². The summed E-state index contributed by atoms with van der Waals surface area (Å²) in [6, 6.07) is 5.49. The first-order chi connectivity index (χ1) is 12.4. The summed E-state index contributed by atoms with van der Waals surface area (Å²) in [5.74, 6) is 0. The van der Waals surface area contributed by atoms with Crippen molar-refractivity contribution in [2.45, 2.75) is 50.7 Å². The Bertz CT molecular complexity index is 867. The molecule has 3 rings (SSSR count). The molecule has 6 nitrogen and oxygen atoms in total. The quantitative estimate of drug-likeness (QED) is 0.760. The Kier molecular flexibility index (Phi) is 5.57. The van der Waals surface area contributed by atoms with Crippen LogP contribution in [0.15, 0.2) is 35.5 Å². The number of nitrogens with one attached hydrogen (secondary N) is 1. The van der Waals surface area contributed by atoms with Crippen LogP contribution in [0.5, 0.6) is 0 Å². The number of hydrogen-bond acceptors (Lipinski definition) is 4. The molecular weight excluding hydrogens is 362 g/mol. The maximum absolute atomic E-state index is 12.4. The lowest BCUT2D eigenvalue weighted by atomic mass is 10.1. The summed E-state index contributed by atoms with van der Waals surface area (Å²) in [7, 11) is -3.87. The minimum atomic E-state index is -3.87. The summed E-state index contributed by atoms with van der Waals surface area (Å²) < 4.78 is 53.1. The van der Waals surface area contributed by atoms with Crippen molar-refractivity contribution < 1.29 is 17.2 Å². The molecule has 0 saturated heterocycles. The first-order valence-electron chi connectivity index (χ1n) is 8.55. The van der Waals surface area contributed by atoms with Crippen LogP contribution >= 0.6 is 0 Å². The van der Waals surface area contributed by atoms with E-state index in [2.05, 4.69) is 21.6 Å². The molecule has 1 N–H and O–H groups in total. The van der Waals surface area contributed by atoms with Gasteiger partial charge < -0.3 is 0 Å². The molecule has 0 amide bonds. The highest BCUT2D eigenvalue weighted by Gasteiger charge is 2.21. The number of aromatic nitrogens is 2. The smallest absolute Gasteiger partial charge is 0.265 e. The Balaban J connectivity index is 1.70. The minimum absolute atomic E-state index is 0.136. The largest absolute Gasteiger partial charge is 0.295 e. The molecule has 1 aromatic heterocycles. The standard InChI is InChI=1S/C17H22F2N4O2S/c1-2-3-6-22-9-13-4-5-15(7-14(13)10-22)21-26(24,25)16-8-20-23(11-16)12-17(18)19/h4-5,7-8,11,17,21H,2-3,6,9-10,12H2,1H3. The van der Waals surface area contributed by atoms with Crippen molar-refractivity contribution in [3.8, 4) is 0 Å². The van der Waals surface area contributed by atoms with Crippen LogP contribution in [0.1, 0.15) is 30.9 Å². The van der Waals surface area contributed by atoms with Crippen molar-refractivity contribution in [3.05, 3.63) is 41.7 Å². The highest BCUT2D eigenvalue weighted by molar-refractivity contribution is 7.92. The molecule has 26 heavy (non-hydrogen) atoms. The van der Waals surface area contributed by atoms with E-state index in [0.717, 1.165) is 55.1 Å². The molecule has 0 atom stereocenters. The predicted octanol–water partition coefficient (Wildman–Crippen LogP) is 3.06. The number of rotatable bonds is 8. The predicted molar refractivity (Wildman–Crippen MR) is 94.5 cm³/mol. The van der Waals surface area contributed by atoms with E-state index in [4.69, 9.17) is 0 Å². The zero-order chi connectivity index (χ0) is 18.7. The van der Waals surface area contributed by atoms with E-state index in [1.54, 1.807) is 6.07 Å². The third kappa shape index (κ3) is 4.39. The van der Waals surface area contributed by atoms with E-state index in [-0.39, 0.29) is 4.90 Å². The Morgan fingerprint density at radius 1 is 1.27 bits per heavy atom. The molecule has 0 bridgehead atoms. The van der Waals surface area contributed by atoms with Gasteiger partial charge in [0.15, 0.2) is 0 Å². The Morgan fingerprint density at radius 2 is 2.04 bits per heavy atom. The highest BCUT2D eigenvalue weighted by Crippen LogP contribution is 2.27. The maximum Gasteiger partial charge on any atom is 0.265 e. The summed E-state index contributed by atoms with van der Waals surface area (Å²) in [5.41, 5.74) is 2.77. The molecule has 9 heteroatoms. The van der Waals surface area contributed by atoms with Crippen LogP contribution in [0.4, 0.5) is 14.5 Å². The summed E-state index contributed by atoms with van der Waals surface area (Å²) >= 11 is 0. The number of fused-ring (bicyclic) bond motifs is 1. The fourth-order valence-electron chi connectivity index (χ4n) is 3.01. The van der Waals surface area contributed by atoms with Crippen LogP contribution in [0.3, 0.4) is 0 Å². The van der Waals surface area contributed by atoms with Gasteiger partial charge in [0.25, 0.3) is 16.4 Å². The number of hydrogen-bond donors (Lipinski definition) is 1. The van der Waals surface area contributed by atoms with E-state index in [0.29, 0.717) is 5.69 Å². The molecular formula is C17H22F2N4O2S. The Morgan fingerprint density at radius 3 is 2.77 bits per heavy atom. The van der Waals surface area contributed by atoms with E-state index < -0.39 is 23.0 Å². The molecule has 2 heterocycles. The molecule has 0 aliphatic carbocycles. The number of sulfonamides is 1. The summed E-state index contributed by atoms with van der Waals surface area (Å²) in [4.78, 5) is 2.20. The monoisotopic (exact) mass is 384 g/mol. The lowest BCUT2D eigenvalue weighted by Gasteiger charge is -2.13. The fourth-order valence-corrected chi connectivity index (χ4v) is 4.01. The van der Waals surface area contributed by atoms with Gasteiger partial charge in [-0.3, -0.25) is 14.3 Å². The zero-order valence-electron chi connectivity index (χ0n) is 14.5. The topological polar surface area (TPSA) is 67.2 Å². The molecule has 0 radical (unpaired) electrons.